The molecule has 26 heavy (non-hydrogen) atoms. The summed E-state index contributed by atoms with van der Waals surface area (Å²) in [5, 5.41) is 20.6. The normalized spacial score (nSPS) is 20.7. The summed E-state index contributed by atoms with van der Waals surface area (Å²) in [6.07, 6.45) is 2.26. The Hall–Kier alpha value is -1.69. The molecule has 0 amide bonds. The van der Waals surface area contributed by atoms with Crippen molar-refractivity contribution in [1.82, 2.24) is 4.90 Å². The summed E-state index contributed by atoms with van der Waals surface area (Å²) in [5.41, 5.74) is 6.04. The maximum absolute atomic E-state index is 12.6. The highest BCUT2D eigenvalue weighted by atomic mass is 35.5. The maximum Gasteiger partial charge on any atom is 0.165 e. The number of phenolic OH excluding ortho intramolecular Hbond substituents is 2. The van der Waals surface area contributed by atoms with Crippen LogP contribution in [0.3, 0.4) is 0 Å². The summed E-state index contributed by atoms with van der Waals surface area (Å²) in [7, 11) is 2.12. The zero-order chi connectivity index (χ0) is 17.3. The minimum absolute atomic E-state index is 0. The third kappa shape index (κ3) is 2.30. The highest BCUT2D eigenvalue weighted by molar-refractivity contribution is 7.99. The van der Waals surface area contributed by atoms with Crippen LogP contribution in [0.5, 0.6) is 11.5 Å². The number of rotatable bonds is 0. The van der Waals surface area contributed by atoms with Crippen LogP contribution in [0.15, 0.2) is 23.1 Å². The van der Waals surface area contributed by atoms with E-state index in [2.05, 4.69) is 18.0 Å². The topological polar surface area (TPSA) is 60.8 Å². The number of halogens is 1. The summed E-state index contributed by atoms with van der Waals surface area (Å²) in [6, 6.07) is 5.77. The number of carbonyl (C=O) groups is 1. The van der Waals surface area contributed by atoms with Crippen molar-refractivity contribution in [3.05, 3.63) is 40.5 Å². The van der Waals surface area contributed by atoms with Crippen molar-refractivity contribution in [2.75, 3.05) is 19.3 Å². The van der Waals surface area contributed by atoms with E-state index in [0.717, 1.165) is 52.3 Å². The Balaban J connectivity index is 0.00000168. The number of aromatic hydroxyl groups is 2. The van der Waals surface area contributed by atoms with Gasteiger partial charge in [-0.15, -0.1) is 24.2 Å². The van der Waals surface area contributed by atoms with Gasteiger partial charge in [-0.05, 0) is 54.3 Å². The van der Waals surface area contributed by atoms with Crippen molar-refractivity contribution in [3.8, 4) is 22.6 Å². The molecular weight excluding hydrogens is 370 g/mol. The number of fused-ring (bicyclic) bond motifs is 4. The number of benzene rings is 2. The van der Waals surface area contributed by atoms with Gasteiger partial charge >= 0.3 is 0 Å². The van der Waals surface area contributed by atoms with E-state index >= 15 is 0 Å². The Morgan fingerprint density at radius 1 is 1.19 bits per heavy atom. The second kappa shape index (κ2) is 6.19. The molecule has 0 radical (unpaired) electrons. The Kier molecular flexibility index (Phi) is 4.21. The molecule has 0 bridgehead atoms. The second-order valence-electron chi connectivity index (χ2n) is 7.13. The van der Waals surface area contributed by atoms with E-state index in [1.807, 2.05) is 6.07 Å². The zero-order valence-electron chi connectivity index (χ0n) is 14.4. The molecule has 0 unspecified atom stereocenters. The largest absolute Gasteiger partial charge is 0.504 e. The van der Waals surface area contributed by atoms with Crippen molar-refractivity contribution in [2.45, 2.75) is 30.2 Å². The third-order valence-corrected chi connectivity index (χ3v) is 6.85. The fourth-order valence-corrected chi connectivity index (χ4v) is 5.69. The third-order valence-electron chi connectivity index (χ3n) is 5.81. The first-order chi connectivity index (χ1) is 12.1. The Morgan fingerprint density at radius 2 is 2.00 bits per heavy atom. The monoisotopic (exact) mass is 389 g/mol. The van der Waals surface area contributed by atoms with Crippen LogP contribution < -0.4 is 0 Å². The molecule has 2 aromatic rings. The highest BCUT2D eigenvalue weighted by Crippen LogP contribution is 2.52. The van der Waals surface area contributed by atoms with E-state index < -0.39 is 0 Å². The fraction of sp³-hybridized carbons (Fsp3) is 0.350. The van der Waals surface area contributed by atoms with Crippen molar-refractivity contribution >= 4 is 30.0 Å². The Morgan fingerprint density at radius 3 is 2.81 bits per heavy atom. The van der Waals surface area contributed by atoms with E-state index in [0.29, 0.717) is 6.42 Å². The van der Waals surface area contributed by atoms with Crippen LogP contribution in [0.2, 0.25) is 0 Å². The lowest BCUT2D eigenvalue weighted by atomic mass is 9.75. The lowest BCUT2D eigenvalue weighted by molar-refractivity contribution is 0.0982. The highest BCUT2D eigenvalue weighted by Gasteiger charge is 2.38. The van der Waals surface area contributed by atoms with Gasteiger partial charge in [-0.25, -0.2) is 0 Å². The van der Waals surface area contributed by atoms with Gasteiger partial charge in [0.25, 0.3) is 0 Å². The van der Waals surface area contributed by atoms with Crippen LogP contribution in [0.1, 0.15) is 39.5 Å². The predicted octanol–water partition coefficient (Wildman–Crippen LogP) is 3.95. The first kappa shape index (κ1) is 17.7. The molecule has 0 spiro atoms. The number of hydrogen-bond acceptors (Lipinski definition) is 5. The molecule has 0 saturated carbocycles. The van der Waals surface area contributed by atoms with Crippen LogP contribution in [0.25, 0.3) is 11.1 Å². The molecule has 0 fully saturated rings. The number of nitrogens with zero attached hydrogens (tertiary/aromatic N) is 1. The van der Waals surface area contributed by atoms with Gasteiger partial charge in [-0.2, -0.15) is 0 Å². The van der Waals surface area contributed by atoms with Gasteiger partial charge in [0.2, 0.25) is 0 Å². The number of phenols is 2. The van der Waals surface area contributed by atoms with E-state index in [4.69, 9.17) is 0 Å². The average molecular weight is 390 g/mol. The van der Waals surface area contributed by atoms with E-state index in [1.165, 1.54) is 11.1 Å². The Labute approximate surface area is 162 Å². The fourth-order valence-electron chi connectivity index (χ4n) is 4.60. The molecule has 4 nitrogen and oxygen atoms in total. The van der Waals surface area contributed by atoms with Gasteiger partial charge in [0.15, 0.2) is 17.3 Å². The van der Waals surface area contributed by atoms with E-state index in [9.17, 15) is 15.0 Å². The number of hydrogen-bond donors (Lipinski definition) is 2. The second-order valence-corrected chi connectivity index (χ2v) is 8.27. The summed E-state index contributed by atoms with van der Waals surface area (Å²) >= 11 is 1.73. The van der Waals surface area contributed by atoms with Crippen LogP contribution in [-0.2, 0) is 12.8 Å². The quantitative estimate of drug-likeness (QED) is 0.668. The molecule has 0 saturated heterocycles. The van der Waals surface area contributed by atoms with Gasteiger partial charge in [0.05, 0.1) is 0 Å². The SMILES string of the molecule is CN1CCc2c3c(cc4c2[C@H]1Cc1ccc(O)c(O)c1-4)SCCC3=O.Cl. The molecular formula is C20H20ClNO3S. The van der Waals surface area contributed by atoms with Crippen LogP contribution in [-0.4, -0.2) is 40.2 Å². The molecule has 2 N–H and O–H groups in total. The Bertz CT molecular complexity index is 943. The molecule has 6 heteroatoms. The van der Waals surface area contributed by atoms with Gasteiger partial charge in [0, 0.05) is 40.8 Å². The lowest BCUT2D eigenvalue weighted by Gasteiger charge is -2.41. The van der Waals surface area contributed by atoms with Crippen molar-refractivity contribution in [3.63, 3.8) is 0 Å². The van der Waals surface area contributed by atoms with Crippen molar-refractivity contribution < 1.29 is 15.0 Å². The standard InChI is InChI=1S/C20H19NO3S.ClH/c1-21-6-4-11-18-12(9-16-19(11)14(22)5-7-25-16)17-10(8-13(18)21)2-3-15(23)20(17)24;/h2-3,9,13,23-24H,4-8H2,1H3;1H/t13-;/m1./s1. The molecule has 2 aromatic carbocycles. The molecule has 136 valence electrons. The van der Waals surface area contributed by atoms with Gasteiger partial charge in [-0.1, -0.05) is 6.07 Å². The number of likely N-dealkylation sites (N-methyl/N-ethyl adjacent to an activating group) is 1. The lowest BCUT2D eigenvalue weighted by Crippen LogP contribution is -2.37. The van der Waals surface area contributed by atoms with Crippen LogP contribution in [0, 0.1) is 0 Å². The smallest absolute Gasteiger partial charge is 0.165 e. The molecule has 3 aliphatic rings. The average Bonchev–Trinajstić information content (AvgIpc) is 2.60. The zero-order valence-corrected chi connectivity index (χ0v) is 16.0. The summed E-state index contributed by atoms with van der Waals surface area (Å²) in [5.74, 6) is 0.933. The molecule has 1 aliphatic carbocycles. The molecule has 2 heterocycles. The maximum atomic E-state index is 12.6. The van der Waals surface area contributed by atoms with E-state index in [-0.39, 0.29) is 35.7 Å². The van der Waals surface area contributed by atoms with E-state index in [1.54, 1.807) is 17.8 Å². The van der Waals surface area contributed by atoms with Crippen LogP contribution >= 0.6 is 24.2 Å². The van der Waals surface area contributed by atoms with Crippen molar-refractivity contribution in [1.29, 1.82) is 0 Å². The predicted molar refractivity (Wildman–Crippen MR) is 105 cm³/mol. The number of carbonyl (C=O) groups excluding carboxylic acids is 1. The number of Topliss-reactive ketones (excluding diaryl/α,β-unsaturated/α-hetero) is 1. The number of thioether (sulfide) groups is 1. The molecule has 2 aliphatic heterocycles. The first-order valence-corrected chi connectivity index (χ1v) is 9.65. The minimum atomic E-state index is -0.0865. The molecule has 1 atom stereocenters. The first-order valence-electron chi connectivity index (χ1n) is 8.66. The van der Waals surface area contributed by atoms with Gasteiger partial charge < -0.3 is 10.2 Å². The van der Waals surface area contributed by atoms with Gasteiger partial charge in [0.1, 0.15) is 0 Å². The minimum Gasteiger partial charge on any atom is -0.504 e. The summed E-state index contributed by atoms with van der Waals surface area (Å²) in [6.45, 7) is 0.935. The van der Waals surface area contributed by atoms with Crippen LogP contribution in [0.4, 0.5) is 0 Å². The number of ketones is 1. The van der Waals surface area contributed by atoms with Crippen molar-refractivity contribution in [2.24, 2.45) is 0 Å². The van der Waals surface area contributed by atoms with Gasteiger partial charge in [-0.3, -0.25) is 9.69 Å². The molecule has 5 rings (SSSR count). The summed E-state index contributed by atoms with van der Waals surface area (Å²) < 4.78 is 0. The summed E-state index contributed by atoms with van der Waals surface area (Å²) in [4.78, 5) is 16.0. The molecule has 0 aromatic heterocycles.